The number of halogens is 4. The van der Waals surface area contributed by atoms with Gasteiger partial charge >= 0.3 is 6.18 Å². The summed E-state index contributed by atoms with van der Waals surface area (Å²) in [5.41, 5.74) is 3.19. The van der Waals surface area contributed by atoms with E-state index in [4.69, 9.17) is 11.6 Å². The number of amides is 1. The summed E-state index contributed by atoms with van der Waals surface area (Å²) >= 11 is 6.20. The van der Waals surface area contributed by atoms with Gasteiger partial charge in [0.05, 0.1) is 17.1 Å². The highest BCUT2D eigenvalue weighted by Crippen LogP contribution is 2.24. The second-order valence-corrected chi connectivity index (χ2v) is 7.33. The van der Waals surface area contributed by atoms with Gasteiger partial charge in [-0.05, 0) is 50.6 Å². The normalized spacial score (nSPS) is 18.1. The van der Waals surface area contributed by atoms with Crippen molar-refractivity contribution < 1.29 is 18.0 Å². The molecule has 1 aliphatic rings. The molecule has 0 unspecified atom stereocenters. The molecule has 146 valence electrons. The lowest BCUT2D eigenvalue weighted by molar-refractivity contribution is -0.143. The number of hydrogen-bond donors (Lipinski definition) is 1. The average Bonchev–Trinajstić information content (AvgIpc) is 3.13. The van der Waals surface area contributed by atoms with Crippen LogP contribution in [0.3, 0.4) is 0 Å². The number of aryl methyl sites for hydroxylation is 2. The summed E-state index contributed by atoms with van der Waals surface area (Å²) in [6.07, 6.45) is -3.75. The lowest BCUT2D eigenvalue weighted by Crippen LogP contribution is -2.39. The minimum atomic E-state index is -4.23. The molecule has 27 heavy (non-hydrogen) atoms. The van der Waals surface area contributed by atoms with Crippen molar-refractivity contribution in [3.8, 4) is 5.69 Å². The molecule has 1 fully saturated rings. The van der Waals surface area contributed by atoms with Crippen molar-refractivity contribution in [2.75, 3.05) is 19.6 Å². The molecule has 2 heterocycles. The molecule has 1 aliphatic heterocycles. The van der Waals surface area contributed by atoms with Gasteiger partial charge in [0.2, 0.25) is 0 Å². The Morgan fingerprint density at radius 2 is 1.89 bits per heavy atom. The Balaban J connectivity index is 1.73. The molecule has 0 saturated carbocycles. The van der Waals surface area contributed by atoms with Crippen LogP contribution in [0.2, 0.25) is 5.02 Å². The molecular formula is C19H21ClF3N3O. The van der Waals surface area contributed by atoms with Crippen LogP contribution in [0.1, 0.15) is 28.2 Å². The smallest absolute Gasteiger partial charge is 0.348 e. The van der Waals surface area contributed by atoms with E-state index in [0.717, 1.165) is 17.1 Å². The zero-order valence-electron chi connectivity index (χ0n) is 15.1. The molecule has 0 bridgehead atoms. The highest BCUT2D eigenvalue weighted by Gasteiger charge is 2.34. The summed E-state index contributed by atoms with van der Waals surface area (Å²) < 4.78 is 39.5. The molecule has 0 radical (unpaired) electrons. The molecule has 3 rings (SSSR count). The Kier molecular flexibility index (Phi) is 5.53. The molecule has 2 aromatic rings. The SMILES string of the molecule is Cc1ccc(C)n1-c1ccc(Cl)c(C(=O)N[C@H]2CCN(CC(F)(F)F)C2)c1. The molecule has 1 aromatic carbocycles. The highest BCUT2D eigenvalue weighted by atomic mass is 35.5. The first-order chi connectivity index (χ1) is 12.6. The second kappa shape index (κ2) is 7.56. The van der Waals surface area contributed by atoms with E-state index < -0.39 is 12.7 Å². The van der Waals surface area contributed by atoms with Crippen LogP contribution >= 0.6 is 11.6 Å². The summed E-state index contributed by atoms with van der Waals surface area (Å²) in [7, 11) is 0. The summed E-state index contributed by atoms with van der Waals surface area (Å²) in [4.78, 5) is 14.0. The standard InChI is InChI=1S/C19H21ClF3N3O/c1-12-3-4-13(2)26(12)15-5-6-17(20)16(9-15)18(27)24-14-7-8-25(10-14)11-19(21,22)23/h3-6,9,14H,7-8,10-11H2,1-2H3,(H,24,27)/t14-/m0/s1. The van der Waals surface area contributed by atoms with E-state index >= 15 is 0 Å². The molecule has 1 aromatic heterocycles. The molecule has 1 amide bonds. The third-order valence-corrected chi connectivity index (χ3v) is 5.06. The van der Waals surface area contributed by atoms with Crippen molar-refractivity contribution in [2.45, 2.75) is 32.5 Å². The maximum absolute atomic E-state index is 12.7. The van der Waals surface area contributed by atoms with Gasteiger partial charge in [-0.1, -0.05) is 11.6 Å². The molecule has 1 saturated heterocycles. The van der Waals surface area contributed by atoms with Crippen molar-refractivity contribution in [1.82, 2.24) is 14.8 Å². The number of carbonyl (C=O) groups excluding carboxylic acids is 1. The van der Waals surface area contributed by atoms with Gasteiger partial charge in [-0.3, -0.25) is 9.69 Å². The number of carbonyl (C=O) groups is 1. The maximum atomic E-state index is 12.7. The maximum Gasteiger partial charge on any atom is 0.401 e. The minimum absolute atomic E-state index is 0.179. The van der Waals surface area contributed by atoms with E-state index in [2.05, 4.69) is 5.32 Å². The monoisotopic (exact) mass is 399 g/mol. The summed E-state index contributed by atoms with van der Waals surface area (Å²) in [5.74, 6) is -0.372. The Labute approximate surface area is 160 Å². The van der Waals surface area contributed by atoms with E-state index in [1.54, 1.807) is 12.1 Å². The van der Waals surface area contributed by atoms with E-state index in [9.17, 15) is 18.0 Å². The summed E-state index contributed by atoms with van der Waals surface area (Å²) in [5, 5.41) is 3.12. The van der Waals surface area contributed by atoms with Crippen molar-refractivity contribution in [1.29, 1.82) is 0 Å². The van der Waals surface area contributed by atoms with Gasteiger partial charge in [0, 0.05) is 36.2 Å². The van der Waals surface area contributed by atoms with Crippen LogP contribution in [0.25, 0.3) is 5.69 Å². The van der Waals surface area contributed by atoms with Crippen molar-refractivity contribution in [3.05, 3.63) is 52.3 Å². The second-order valence-electron chi connectivity index (χ2n) is 6.93. The number of nitrogens with zero attached hydrogens (tertiary/aromatic N) is 2. The predicted molar refractivity (Wildman–Crippen MR) is 98.6 cm³/mol. The van der Waals surface area contributed by atoms with E-state index in [1.807, 2.05) is 36.6 Å². The lowest BCUT2D eigenvalue weighted by Gasteiger charge is -2.18. The van der Waals surface area contributed by atoms with Gasteiger partial charge in [-0.15, -0.1) is 0 Å². The van der Waals surface area contributed by atoms with Gasteiger partial charge in [-0.25, -0.2) is 0 Å². The van der Waals surface area contributed by atoms with Gasteiger partial charge in [0.25, 0.3) is 5.91 Å². The van der Waals surface area contributed by atoms with Crippen LogP contribution in [0.5, 0.6) is 0 Å². The van der Waals surface area contributed by atoms with Crippen LogP contribution < -0.4 is 5.32 Å². The van der Waals surface area contributed by atoms with Crippen LogP contribution in [0.4, 0.5) is 13.2 Å². The number of hydrogen-bond acceptors (Lipinski definition) is 2. The number of likely N-dealkylation sites (tertiary alicyclic amines) is 1. The Bertz CT molecular complexity index is 828. The zero-order chi connectivity index (χ0) is 19.8. The van der Waals surface area contributed by atoms with Crippen molar-refractivity contribution >= 4 is 17.5 Å². The number of nitrogens with one attached hydrogen (secondary N) is 1. The number of aromatic nitrogens is 1. The summed E-state index contributed by atoms with van der Waals surface area (Å²) in [6, 6.07) is 8.85. The van der Waals surface area contributed by atoms with Gasteiger partial charge in [0.1, 0.15) is 0 Å². The predicted octanol–water partition coefficient (Wildman–Crippen LogP) is 4.11. The molecular weight excluding hydrogens is 379 g/mol. The first kappa shape index (κ1) is 19.8. The fourth-order valence-electron chi connectivity index (χ4n) is 3.51. The lowest BCUT2D eigenvalue weighted by atomic mass is 10.1. The zero-order valence-corrected chi connectivity index (χ0v) is 15.9. The number of benzene rings is 1. The first-order valence-corrected chi connectivity index (χ1v) is 9.06. The summed E-state index contributed by atoms with van der Waals surface area (Å²) in [6.45, 7) is 3.46. The van der Waals surface area contributed by atoms with Crippen molar-refractivity contribution in [2.24, 2.45) is 0 Å². The van der Waals surface area contributed by atoms with E-state index in [0.29, 0.717) is 23.6 Å². The highest BCUT2D eigenvalue weighted by molar-refractivity contribution is 6.33. The quantitative estimate of drug-likeness (QED) is 0.840. The van der Waals surface area contributed by atoms with E-state index in [1.165, 1.54) is 4.90 Å². The number of alkyl halides is 3. The van der Waals surface area contributed by atoms with Crippen molar-refractivity contribution in [3.63, 3.8) is 0 Å². The Morgan fingerprint density at radius 3 is 2.52 bits per heavy atom. The molecule has 0 spiro atoms. The molecule has 1 atom stereocenters. The third-order valence-electron chi connectivity index (χ3n) is 4.73. The largest absolute Gasteiger partial charge is 0.401 e. The van der Waals surface area contributed by atoms with Crippen LogP contribution in [-0.2, 0) is 0 Å². The fraction of sp³-hybridized carbons (Fsp3) is 0.421. The van der Waals surface area contributed by atoms with Gasteiger partial charge in [0.15, 0.2) is 0 Å². The van der Waals surface area contributed by atoms with Gasteiger partial charge in [-0.2, -0.15) is 13.2 Å². The first-order valence-electron chi connectivity index (χ1n) is 8.69. The van der Waals surface area contributed by atoms with E-state index in [-0.39, 0.29) is 18.5 Å². The van der Waals surface area contributed by atoms with Crippen LogP contribution in [-0.4, -0.2) is 47.2 Å². The molecule has 4 nitrogen and oxygen atoms in total. The minimum Gasteiger partial charge on any atom is -0.348 e. The third kappa shape index (κ3) is 4.65. The Hall–Kier alpha value is -1.99. The topological polar surface area (TPSA) is 37.3 Å². The van der Waals surface area contributed by atoms with Gasteiger partial charge < -0.3 is 9.88 Å². The molecule has 0 aliphatic carbocycles. The fourth-order valence-corrected chi connectivity index (χ4v) is 3.72. The Morgan fingerprint density at radius 1 is 1.22 bits per heavy atom. The average molecular weight is 400 g/mol. The van der Waals surface area contributed by atoms with Crippen LogP contribution in [0.15, 0.2) is 30.3 Å². The van der Waals surface area contributed by atoms with Crippen LogP contribution in [0, 0.1) is 13.8 Å². The number of rotatable bonds is 4. The molecule has 8 heteroatoms. The molecule has 1 N–H and O–H groups in total.